The fraction of sp³-hybridized carbons (Fsp3) is 1.00. The minimum atomic E-state index is -3.12. The van der Waals surface area contributed by atoms with E-state index in [0.29, 0.717) is 17.9 Å². The number of ether oxygens (including phenoxy) is 2. The van der Waals surface area contributed by atoms with E-state index in [1.165, 1.54) is 0 Å². The summed E-state index contributed by atoms with van der Waals surface area (Å²) in [5.74, 6) is 0.972. The van der Waals surface area contributed by atoms with E-state index >= 15 is 0 Å². The lowest BCUT2D eigenvalue weighted by Crippen LogP contribution is -2.50. The first-order valence-electron chi connectivity index (χ1n) is 6.32. The summed E-state index contributed by atoms with van der Waals surface area (Å²) in [7, 11) is -1.42. The molecule has 0 amide bonds. The molecule has 1 saturated carbocycles. The topological polar surface area (TPSA) is 55.8 Å². The van der Waals surface area contributed by atoms with Gasteiger partial charge in [0.1, 0.15) is 5.60 Å². The highest BCUT2D eigenvalue weighted by Gasteiger charge is 2.78. The quantitative estimate of drug-likeness (QED) is 0.591. The van der Waals surface area contributed by atoms with E-state index in [1.807, 2.05) is 0 Å². The Balaban J connectivity index is 1.68. The van der Waals surface area contributed by atoms with E-state index in [9.17, 15) is 8.42 Å². The molecule has 7 atom stereocenters. The minimum Gasteiger partial charge on any atom is -0.374 e. The maximum Gasteiger partial charge on any atom is 0.217 e. The summed E-state index contributed by atoms with van der Waals surface area (Å²) >= 11 is 0. The predicted molar refractivity (Wildman–Crippen MR) is 57.8 cm³/mol. The van der Waals surface area contributed by atoms with Crippen LogP contribution in [0.3, 0.4) is 0 Å². The molecule has 0 N–H and O–H groups in total. The van der Waals surface area contributed by atoms with Crippen LogP contribution >= 0.6 is 0 Å². The Morgan fingerprint density at radius 3 is 2.76 bits per heavy atom. The normalized spacial score (nSPS) is 65.7. The average Bonchev–Trinajstić information content (AvgIpc) is 2.85. The van der Waals surface area contributed by atoms with Crippen molar-refractivity contribution < 1.29 is 17.9 Å². The first-order chi connectivity index (χ1) is 8.03. The molecule has 6 aliphatic rings. The maximum atomic E-state index is 12.1. The average molecular weight is 257 g/mol. The lowest BCUT2D eigenvalue weighted by atomic mass is 9.71. The monoisotopic (exact) mass is 257 g/mol. The van der Waals surface area contributed by atoms with Crippen molar-refractivity contribution in [3.63, 3.8) is 0 Å². The zero-order valence-electron chi connectivity index (χ0n) is 9.57. The van der Waals surface area contributed by atoms with Crippen LogP contribution in [0.1, 0.15) is 12.8 Å². The second-order valence-corrected chi connectivity index (χ2v) is 8.22. The van der Waals surface area contributed by atoms with Gasteiger partial charge in [0, 0.05) is 25.3 Å². The fourth-order valence-corrected chi connectivity index (χ4v) is 7.02. The molecule has 4 bridgehead atoms. The minimum absolute atomic E-state index is 0.0571. The van der Waals surface area contributed by atoms with Gasteiger partial charge in [-0.1, -0.05) is 0 Å². The summed E-state index contributed by atoms with van der Waals surface area (Å²) in [4.78, 5) is 0. The summed E-state index contributed by atoms with van der Waals surface area (Å²) in [6.45, 7) is 0. The second-order valence-electron chi connectivity index (χ2n) is 6.19. The van der Waals surface area contributed by atoms with Crippen LogP contribution in [0.15, 0.2) is 0 Å². The van der Waals surface area contributed by atoms with Crippen molar-refractivity contribution in [1.82, 2.24) is 4.31 Å². The lowest BCUT2D eigenvalue weighted by Gasteiger charge is -2.35. The molecule has 5 heterocycles. The molecule has 6 fully saturated rings. The molecule has 0 aromatic rings. The number of sulfonamides is 1. The lowest BCUT2D eigenvalue weighted by molar-refractivity contribution is -0.131. The van der Waals surface area contributed by atoms with Crippen LogP contribution in [0.25, 0.3) is 0 Å². The summed E-state index contributed by atoms with van der Waals surface area (Å²) in [5.41, 5.74) is -0.446. The van der Waals surface area contributed by atoms with Crippen molar-refractivity contribution in [3.8, 4) is 0 Å². The van der Waals surface area contributed by atoms with Gasteiger partial charge in [-0.25, -0.2) is 8.42 Å². The molecule has 5 nitrogen and oxygen atoms in total. The van der Waals surface area contributed by atoms with Gasteiger partial charge in [-0.05, 0) is 6.42 Å². The number of hydrogen-bond acceptors (Lipinski definition) is 4. The fourth-order valence-electron chi connectivity index (χ4n) is 5.14. The zero-order chi connectivity index (χ0) is 11.6. The van der Waals surface area contributed by atoms with Gasteiger partial charge in [0.15, 0.2) is 0 Å². The molecular formula is C11H15NO4S. The van der Waals surface area contributed by atoms with Crippen LogP contribution in [-0.4, -0.2) is 55.5 Å². The molecule has 1 aliphatic carbocycles. The van der Waals surface area contributed by atoms with Crippen molar-refractivity contribution in [1.29, 1.82) is 0 Å². The Labute approximate surface area is 100 Å². The Hall–Kier alpha value is -0.170. The summed E-state index contributed by atoms with van der Waals surface area (Å²) < 4.78 is 37.7. The van der Waals surface area contributed by atoms with Crippen molar-refractivity contribution in [2.75, 3.05) is 12.8 Å². The smallest absolute Gasteiger partial charge is 0.217 e. The Morgan fingerprint density at radius 1 is 1.24 bits per heavy atom. The Morgan fingerprint density at radius 2 is 2.00 bits per heavy atom. The maximum absolute atomic E-state index is 12.1. The molecule has 0 aromatic carbocycles. The molecule has 1 spiro atoms. The highest BCUT2D eigenvalue weighted by molar-refractivity contribution is 7.89. The van der Waals surface area contributed by atoms with Crippen LogP contribution in [0.4, 0.5) is 0 Å². The standard InChI is InChI=1S/C11H15NO4S/c1-12-8-3-6-9-5-2-7(15-5)10(9)11(8,16-6)4-17(12,13)14/h5-10H,2-4H2,1H3. The molecule has 17 heavy (non-hydrogen) atoms. The third kappa shape index (κ3) is 0.818. The van der Waals surface area contributed by atoms with E-state index < -0.39 is 15.6 Å². The highest BCUT2D eigenvalue weighted by Crippen LogP contribution is 2.66. The van der Waals surface area contributed by atoms with Crippen LogP contribution in [0.2, 0.25) is 0 Å². The van der Waals surface area contributed by atoms with Gasteiger partial charge in [0.05, 0.1) is 30.1 Å². The van der Waals surface area contributed by atoms with Crippen molar-refractivity contribution in [2.24, 2.45) is 11.8 Å². The van der Waals surface area contributed by atoms with Gasteiger partial charge >= 0.3 is 0 Å². The van der Waals surface area contributed by atoms with Crippen LogP contribution in [-0.2, 0) is 19.5 Å². The molecule has 6 rings (SSSR count). The number of hydrogen-bond donors (Lipinski definition) is 0. The molecule has 94 valence electrons. The third-order valence-corrected chi connectivity index (χ3v) is 7.68. The second kappa shape index (κ2) is 2.43. The van der Waals surface area contributed by atoms with Crippen molar-refractivity contribution in [2.45, 2.75) is 42.8 Å². The molecule has 0 aromatic heterocycles. The van der Waals surface area contributed by atoms with Crippen molar-refractivity contribution in [3.05, 3.63) is 0 Å². The molecule has 5 saturated heterocycles. The van der Waals surface area contributed by atoms with E-state index in [1.54, 1.807) is 11.4 Å². The SMILES string of the molecule is CN1C2CC3OC2(CS1(=O)=O)C1C2CC(O2)C31. The first-order valence-corrected chi connectivity index (χ1v) is 7.93. The van der Waals surface area contributed by atoms with Crippen molar-refractivity contribution >= 4 is 10.0 Å². The van der Waals surface area contributed by atoms with E-state index in [0.717, 1.165) is 12.8 Å². The van der Waals surface area contributed by atoms with Gasteiger partial charge in [0.25, 0.3) is 0 Å². The van der Waals surface area contributed by atoms with E-state index in [-0.39, 0.29) is 24.0 Å². The Bertz CT molecular complexity index is 514. The van der Waals surface area contributed by atoms with E-state index in [2.05, 4.69) is 0 Å². The zero-order valence-corrected chi connectivity index (χ0v) is 10.4. The predicted octanol–water partition coefficient (Wildman–Crippen LogP) is -0.425. The highest BCUT2D eigenvalue weighted by atomic mass is 32.2. The van der Waals surface area contributed by atoms with Gasteiger partial charge in [0.2, 0.25) is 10.0 Å². The molecular weight excluding hydrogens is 242 g/mol. The molecule has 5 aliphatic heterocycles. The number of fused-ring (bicyclic) bond motifs is 1. The van der Waals surface area contributed by atoms with Crippen LogP contribution in [0.5, 0.6) is 0 Å². The summed E-state index contributed by atoms with van der Waals surface area (Å²) in [5, 5.41) is 0. The molecule has 0 radical (unpaired) electrons. The molecule has 7 unspecified atom stereocenters. The van der Waals surface area contributed by atoms with Crippen LogP contribution in [0, 0.1) is 11.8 Å². The van der Waals surface area contributed by atoms with Gasteiger partial charge in [-0.2, -0.15) is 4.31 Å². The van der Waals surface area contributed by atoms with Gasteiger partial charge < -0.3 is 9.47 Å². The first kappa shape index (κ1) is 9.72. The van der Waals surface area contributed by atoms with E-state index in [4.69, 9.17) is 9.47 Å². The summed E-state index contributed by atoms with van der Waals surface area (Å²) in [6.07, 6.45) is 2.83. The number of nitrogens with zero attached hydrogens (tertiary/aromatic N) is 1. The summed E-state index contributed by atoms with van der Waals surface area (Å²) in [6, 6.07) is 0.0571. The molecule has 6 heteroatoms. The van der Waals surface area contributed by atoms with Gasteiger partial charge in [-0.3, -0.25) is 0 Å². The number of likely N-dealkylation sites (N-methyl/N-ethyl adjacent to an activating group) is 1. The number of rotatable bonds is 0. The third-order valence-electron chi connectivity index (χ3n) is 5.73. The Kier molecular flexibility index (Phi) is 1.39. The van der Waals surface area contributed by atoms with Crippen LogP contribution < -0.4 is 0 Å². The largest absolute Gasteiger partial charge is 0.374 e. The van der Waals surface area contributed by atoms with Gasteiger partial charge in [-0.15, -0.1) is 0 Å².